The summed E-state index contributed by atoms with van der Waals surface area (Å²) in [5.74, 6) is 0.903. The standard InChI is InChI=1S/C26H22N2O2S3/c27-15-23-22(20-10-5-2-6-11-20)14-24(25-12-7-13-31-25)28-26(23)32-16-21(29)18-33(30)17-19-8-3-1-4-9-19/h1-14,21,29H,16-18H2/t21-,33+/m0/s1. The topological polar surface area (TPSA) is 74.0 Å². The molecule has 2 heterocycles. The van der Waals surface area contributed by atoms with Gasteiger partial charge in [-0.1, -0.05) is 66.7 Å². The third-order valence-electron chi connectivity index (χ3n) is 4.92. The van der Waals surface area contributed by atoms with E-state index in [4.69, 9.17) is 4.98 Å². The average molecular weight is 491 g/mol. The van der Waals surface area contributed by atoms with E-state index in [9.17, 15) is 14.6 Å². The van der Waals surface area contributed by atoms with Crippen LogP contribution in [0.2, 0.25) is 0 Å². The third-order valence-corrected chi connectivity index (χ3v) is 8.34. The molecule has 4 aromatic rings. The minimum absolute atomic E-state index is 0.180. The first-order chi connectivity index (χ1) is 16.1. The maximum atomic E-state index is 12.5. The fourth-order valence-electron chi connectivity index (χ4n) is 3.39. The van der Waals surface area contributed by atoms with Gasteiger partial charge < -0.3 is 5.11 Å². The number of hydrogen-bond acceptors (Lipinski definition) is 6. The van der Waals surface area contributed by atoms with E-state index < -0.39 is 16.9 Å². The maximum absolute atomic E-state index is 12.5. The maximum Gasteiger partial charge on any atom is 0.115 e. The second-order valence-electron chi connectivity index (χ2n) is 7.39. The lowest BCUT2D eigenvalue weighted by Gasteiger charge is -2.14. The van der Waals surface area contributed by atoms with Crippen LogP contribution in [-0.2, 0) is 16.6 Å². The van der Waals surface area contributed by atoms with Crippen LogP contribution in [0.15, 0.2) is 89.3 Å². The van der Waals surface area contributed by atoms with E-state index in [-0.39, 0.29) is 5.75 Å². The van der Waals surface area contributed by atoms with Crippen LogP contribution in [0.3, 0.4) is 0 Å². The molecule has 0 bridgehead atoms. The second-order valence-corrected chi connectivity index (χ2v) is 10.8. The lowest BCUT2D eigenvalue weighted by atomic mass is 10.0. The fraction of sp³-hybridized carbons (Fsp3) is 0.154. The predicted octanol–water partition coefficient (Wildman–Crippen LogP) is 5.75. The fourth-order valence-corrected chi connectivity index (χ4v) is 6.38. The molecule has 0 unspecified atom stereocenters. The molecule has 4 nitrogen and oxygen atoms in total. The molecule has 0 spiro atoms. The number of thioether (sulfide) groups is 1. The van der Waals surface area contributed by atoms with Crippen LogP contribution in [-0.4, -0.2) is 31.9 Å². The number of nitriles is 1. The SMILES string of the molecule is N#Cc1c(-c2ccccc2)cc(-c2cccs2)nc1SC[C@H](O)C[S@](=O)Cc1ccccc1. The van der Waals surface area contributed by atoms with Gasteiger partial charge in [0, 0.05) is 27.9 Å². The van der Waals surface area contributed by atoms with Crippen molar-refractivity contribution in [1.29, 1.82) is 5.26 Å². The van der Waals surface area contributed by atoms with Gasteiger partial charge >= 0.3 is 0 Å². The normalized spacial score (nSPS) is 12.7. The summed E-state index contributed by atoms with van der Waals surface area (Å²) in [4.78, 5) is 5.77. The van der Waals surface area contributed by atoms with Gasteiger partial charge in [0.1, 0.15) is 11.1 Å². The number of aromatic nitrogens is 1. The van der Waals surface area contributed by atoms with E-state index in [0.29, 0.717) is 22.1 Å². The van der Waals surface area contributed by atoms with E-state index in [1.807, 2.05) is 84.2 Å². The number of hydrogen-bond donors (Lipinski definition) is 1. The van der Waals surface area contributed by atoms with Crippen molar-refractivity contribution in [3.05, 3.63) is 95.4 Å². The predicted molar refractivity (Wildman–Crippen MR) is 138 cm³/mol. The van der Waals surface area contributed by atoms with Crippen LogP contribution in [0.1, 0.15) is 11.1 Å². The van der Waals surface area contributed by atoms with E-state index in [1.165, 1.54) is 11.8 Å². The summed E-state index contributed by atoms with van der Waals surface area (Å²) < 4.78 is 12.5. The Kier molecular flexibility index (Phi) is 8.08. The monoisotopic (exact) mass is 490 g/mol. The number of aliphatic hydroxyl groups excluding tert-OH is 1. The third kappa shape index (κ3) is 6.18. The van der Waals surface area contributed by atoms with Crippen LogP contribution in [0, 0.1) is 11.3 Å². The van der Waals surface area contributed by atoms with Crippen LogP contribution in [0.25, 0.3) is 21.7 Å². The summed E-state index contributed by atoms with van der Waals surface area (Å²) >= 11 is 2.93. The van der Waals surface area contributed by atoms with Crippen molar-refractivity contribution in [2.45, 2.75) is 16.9 Å². The van der Waals surface area contributed by atoms with Gasteiger partial charge in [0.25, 0.3) is 0 Å². The summed E-state index contributed by atoms with van der Waals surface area (Å²) in [5, 5.41) is 23.1. The van der Waals surface area contributed by atoms with Crippen LogP contribution in [0.5, 0.6) is 0 Å². The van der Waals surface area contributed by atoms with Crippen LogP contribution < -0.4 is 0 Å². The number of benzene rings is 2. The van der Waals surface area contributed by atoms with Crippen molar-refractivity contribution in [3.63, 3.8) is 0 Å². The molecule has 0 saturated heterocycles. The van der Waals surface area contributed by atoms with Crippen molar-refractivity contribution >= 4 is 33.9 Å². The van der Waals surface area contributed by atoms with Gasteiger partial charge in [-0.05, 0) is 28.6 Å². The highest BCUT2D eigenvalue weighted by molar-refractivity contribution is 7.99. The smallest absolute Gasteiger partial charge is 0.115 e. The molecule has 0 aliphatic heterocycles. The highest BCUT2D eigenvalue weighted by Gasteiger charge is 2.18. The number of pyridine rings is 1. The van der Waals surface area contributed by atoms with Crippen LogP contribution >= 0.6 is 23.1 Å². The summed E-state index contributed by atoms with van der Waals surface area (Å²) in [5.41, 5.74) is 4.04. The molecule has 7 heteroatoms. The second kappa shape index (κ2) is 11.4. The van der Waals surface area contributed by atoms with Gasteiger partial charge in [-0.2, -0.15) is 5.26 Å². The minimum atomic E-state index is -1.18. The summed E-state index contributed by atoms with van der Waals surface area (Å²) in [7, 11) is -1.18. The van der Waals surface area contributed by atoms with E-state index in [0.717, 1.165) is 27.3 Å². The molecule has 2 atom stereocenters. The molecule has 0 aliphatic carbocycles. The number of rotatable bonds is 9. The first-order valence-electron chi connectivity index (χ1n) is 10.4. The van der Waals surface area contributed by atoms with Gasteiger partial charge in [-0.25, -0.2) is 4.98 Å². The van der Waals surface area contributed by atoms with Crippen molar-refractivity contribution in [1.82, 2.24) is 4.98 Å². The van der Waals surface area contributed by atoms with Gasteiger partial charge in [0.15, 0.2) is 0 Å². The Bertz CT molecular complexity index is 1250. The Labute approximate surface area is 204 Å². The van der Waals surface area contributed by atoms with Gasteiger partial charge in [0.05, 0.1) is 28.0 Å². The zero-order valence-electron chi connectivity index (χ0n) is 17.8. The molecular weight excluding hydrogens is 468 g/mol. The lowest BCUT2D eigenvalue weighted by Crippen LogP contribution is -2.20. The zero-order valence-corrected chi connectivity index (χ0v) is 20.2. The highest BCUT2D eigenvalue weighted by Crippen LogP contribution is 2.35. The Balaban J connectivity index is 1.54. The van der Waals surface area contributed by atoms with Crippen molar-refractivity contribution in [3.8, 4) is 27.8 Å². The molecule has 1 N–H and O–H groups in total. The van der Waals surface area contributed by atoms with E-state index in [1.54, 1.807) is 11.3 Å². The first kappa shape index (κ1) is 23.4. The van der Waals surface area contributed by atoms with Crippen molar-refractivity contribution < 1.29 is 9.32 Å². The molecule has 2 aromatic heterocycles. The van der Waals surface area contributed by atoms with E-state index >= 15 is 0 Å². The number of thiophene rings is 1. The quantitative estimate of drug-likeness (QED) is 0.302. The molecular formula is C26H22N2O2S3. The molecule has 4 rings (SSSR count). The first-order valence-corrected chi connectivity index (χ1v) is 13.7. The average Bonchev–Trinajstić information content (AvgIpc) is 3.38. The summed E-state index contributed by atoms with van der Waals surface area (Å²) in [6, 6.07) is 27.6. The molecule has 33 heavy (non-hydrogen) atoms. The largest absolute Gasteiger partial charge is 0.391 e. The Morgan fingerprint density at radius 1 is 1.06 bits per heavy atom. The molecule has 0 amide bonds. The number of aliphatic hydroxyl groups is 1. The molecule has 0 fully saturated rings. The molecule has 0 radical (unpaired) electrons. The van der Waals surface area contributed by atoms with Gasteiger partial charge in [-0.3, -0.25) is 4.21 Å². The molecule has 0 saturated carbocycles. The van der Waals surface area contributed by atoms with E-state index in [2.05, 4.69) is 6.07 Å². The zero-order chi connectivity index (χ0) is 23.0. The Hall–Kier alpha value is -2.76. The Morgan fingerprint density at radius 3 is 2.45 bits per heavy atom. The van der Waals surface area contributed by atoms with Crippen molar-refractivity contribution in [2.75, 3.05) is 11.5 Å². The van der Waals surface area contributed by atoms with Gasteiger partial charge in [0.2, 0.25) is 0 Å². The highest BCUT2D eigenvalue weighted by atomic mass is 32.2. The summed E-state index contributed by atoms with van der Waals surface area (Å²) in [6.07, 6.45) is -0.765. The molecule has 0 aliphatic rings. The van der Waals surface area contributed by atoms with Gasteiger partial charge in [-0.15, -0.1) is 23.1 Å². The summed E-state index contributed by atoms with van der Waals surface area (Å²) in [6.45, 7) is 0. The molecule has 166 valence electrons. The minimum Gasteiger partial charge on any atom is -0.391 e. The molecule has 2 aromatic carbocycles. The Morgan fingerprint density at radius 2 is 1.79 bits per heavy atom. The van der Waals surface area contributed by atoms with Crippen molar-refractivity contribution in [2.24, 2.45) is 0 Å². The van der Waals surface area contributed by atoms with Crippen LogP contribution in [0.4, 0.5) is 0 Å². The lowest BCUT2D eigenvalue weighted by molar-refractivity contribution is 0.224. The number of nitrogens with zero attached hydrogens (tertiary/aromatic N) is 2.